The van der Waals surface area contributed by atoms with Crippen LogP contribution in [0.2, 0.25) is 0 Å². The quantitative estimate of drug-likeness (QED) is 0.547. The largest absolute Gasteiger partial charge is 0.425 e. The van der Waals surface area contributed by atoms with E-state index in [4.69, 9.17) is 4.74 Å². The maximum absolute atomic E-state index is 12.0. The van der Waals surface area contributed by atoms with Crippen molar-refractivity contribution in [1.29, 1.82) is 0 Å². The van der Waals surface area contributed by atoms with Crippen molar-refractivity contribution in [2.24, 2.45) is 0 Å². The Hall–Kier alpha value is -2.69. The summed E-state index contributed by atoms with van der Waals surface area (Å²) in [6.07, 6.45) is 0. The van der Waals surface area contributed by atoms with Crippen molar-refractivity contribution < 1.29 is 9.53 Å². The van der Waals surface area contributed by atoms with E-state index in [0.717, 1.165) is 22.2 Å². The summed E-state index contributed by atoms with van der Waals surface area (Å²) in [5, 5.41) is 7.99. The first-order chi connectivity index (χ1) is 10.1. The summed E-state index contributed by atoms with van der Waals surface area (Å²) in [7, 11) is 0. The summed E-state index contributed by atoms with van der Waals surface area (Å²) in [6.45, 7) is 3.95. The van der Waals surface area contributed by atoms with Crippen LogP contribution in [0.15, 0.2) is 42.5 Å². The van der Waals surface area contributed by atoms with E-state index < -0.39 is 0 Å². The SMILES string of the molecule is Cc1ccc(OC(=O)Cn2nnc3ccccc32)c(C)c1. The molecule has 0 spiro atoms. The van der Waals surface area contributed by atoms with Gasteiger partial charge in [-0.1, -0.05) is 35.0 Å². The molecular formula is C16H15N3O2. The second kappa shape index (κ2) is 5.36. The third kappa shape index (κ3) is 2.76. The van der Waals surface area contributed by atoms with Gasteiger partial charge in [0.1, 0.15) is 17.8 Å². The lowest BCUT2D eigenvalue weighted by Crippen LogP contribution is -2.17. The van der Waals surface area contributed by atoms with Crippen LogP contribution < -0.4 is 4.74 Å². The van der Waals surface area contributed by atoms with Crippen molar-refractivity contribution in [2.75, 3.05) is 0 Å². The summed E-state index contributed by atoms with van der Waals surface area (Å²) >= 11 is 0. The van der Waals surface area contributed by atoms with E-state index in [-0.39, 0.29) is 12.5 Å². The molecule has 1 aromatic heterocycles. The number of hydrogen-bond acceptors (Lipinski definition) is 4. The zero-order valence-corrected chi connectivity index (χ0v) is 11.9. The van der Waals surface area contributed by atoms with Crippen molar-refractivity contribution in [1.82, 2.24) is 15.0 Å². The molecule has 21 heavy (non-hydrogen) atoms. The fraction of sp³-hybridized carbons (Fsp3) is 0.188. The summed E-state index contributed by atoms with van der Waals surface area (Å²) in [5.74, 6) is 0.215. The molecular weight excluding hydrogens is 266 g/mol. The fourth-order valence-corrected chi connectivity index (χ4v) is 2.23. The van der Waals surface area contributed by atoms with Crippen LogP contribution in [-0.4, -0.2) is 21.0 Å². The molecule has 0 aliphatic carbocycles. The van der Waals surface area contributed by atoms with E-state index in [2.05, 4.69) is 10.3 Å². The number of nitrogens with zero attached hydrogens (tertiary/aromatic N) is 3. The van der Waals surface area contributed by atoms with E-state index in [0.29, 0.717) is 5.75 Å². The summed E-state index contributed by atoms with van der Waals surface area (Å²) < 4.78 is 6.94. The number of carbonyl (C=O) groups is 1. The lowest BCUT2D eigenvalue weighted by molar-refractivity contribution is -0.135. The highest BCUT2D eigenvalue weighted by molar-refractivity contribution is 5.78. The highest BCUT2D eigenvalue weighted by Crippen LogP contribution is 2.19. The minimum absolute atomic E-state index is 0.0355. The predicted octanol–water partition coefficient (Wildman–Crippen LogP) is 2.65. The highest BCUT2D eigenvalue weighted by Gasteiger charge is 2.11. The first kappa shape index (κ1) is 13.3. The molecule has 0 aliphatic rings. The summed E-state index contributed by atoms with van der Waals surface area (Å²) in [5.41, 5.74) is 3.65. The molecule has 0 bridgehead atoms. The average Bonchev–Trinajstić information content (AvgIpc) is 2.85. The van der Waals surface area contributed by atoms with Gasteiger partial charge in [0.15, 0.2) is 0 Å². The molecule has 1 heterocycles. The van der Waals surface area contributed by atoms with Crippen molar-refractivity contribution in [3.8, 4) is 5.75 Å². The molecule has 0 radical (unpaired) electrons. The first-order valence-electron chi connectivity index (χ1n) is 6.69. The molecule has 5 heteroatoms. The number of aromatic nitrogens is 3. The molecule has 2 aromatic carbocycles. The van der Waals surface area contributed by atoms with Crippen LogP contribution >= 0.6 is 0 Å². The lowest BCUT2D eigenvalue weighted by atomic mass is 10.1. The molecule has 106 valence electrons. The van der Waals surface area contributed by atoms with Crippen molar-refractivity contribution >= 4 is 17.0 Å². The van der Waals surface area contributed by atoms with Gasteiger partial charge in [0.05, 0.1) is 5.52 Å². The lowest BCUT2D eigenvalue weighted by Gasteiger charge is -2.08. The number of rotatable bonds is 3. The Labute approximate surface area is 122 Å². The Morgan fingerprint density at radius 3 is 2.81 bits per heavy atom. The number of benzene rings is 2. The Balaban J connectivity index is 1.77. The first-order valence-corrected chi connectivity index (χ1v) is 6.69. The van der Waals surface area contributed by atoms with Crippen LogP contribution in [-0.2, 0) is 11.3 Å². The molecule has 0 atom stereocenters. The second-order valence-corrected chi connectivity index (χ2v) is 4.98. The Bertz CT molecular complexity index is 808. The number of fused-ring (bicyclic) bond motifs is 1. The van der Waals surface area contributed by atoms with E-state index in [1.54, 1.807) is 4.68 Å². The summed E-state index contributed by atoms with van der Waals surface area (Å²) in [6, 6.07) is 13.2. The number of aryl methyl sites for hydroxylation is 2. The van der Waals surface area contributed by atoms with Crippen LogP contribution in [0.4, 0.5) is 0 Å². The van der Waals surface area contributed by atoms with Gasteiger partial charge in [-0.15, -0.1) is 5.10 Å². The van der Waals surface area contributed by atoms with Gasteiger partial charge in [0.25, 0.3) is 0 Å². The number of esters is 1. The number of ether oxygens (including phenoxy) is 1. The standard InChI is InChI=1S/C16H15N3O2/c1-11-7-8-15(12(2)9-11)21-16(20)10-19-14-6-4-3-5-13(14)17-18-19/h3-9H,10H2,1-2H3. The van der Waals surface area contributed by atoms with Gasteiger partial charge in [0, 0.05) is 0 Å². The van der Waals surface area contributed by atoms with Gasteiger partial charge in [0.2, 0.25) is 0 Å². The van der Waals surface area contributed by atoms with E-state index in [1.807, 2.05) is 56.3 Å². The topological polar surface area (TPSA) is 57.0 Å². The Morgan fingerprint density at radius 1 is 1.19 bits per heavy atom. The Morgan fingerprint density at radius 2 is 2.00 bits per heavy atom. The van der Waals surface area contributed by atoms with Crippen LogP contribution in [0, 0.1) is 13.8 Å². The smallest absolute Gasteiger partial charge is 0.333 e. The van der Waals surface area contributed by atoms with Crippen LogP contribution in [0.25, 0.3) is 11.0 Å². The summed E-state index contributed by atoms with van der Waals surface area (Å²) in [4.78, 5) is 12.0. The third-order valence-electron chi connectivity index (χ3n) is 3.25. The molecule has 0 saturated heterocycles. The fourth-order valence-electron chi connectivity index (χ4n) is 2.23. The maximum Gasteiger partial charge on any atom is 0.333 e. The van der Waals surface area contributed by atoms with Gasteiger partial charge in [-0.2, -0.15) is 0 Å². The molecule has 3 rings (SSSR count). The van der Waals surface area contributed by atoms with Crippen LogP contribution in [0.5, 0.6) is 5.75 Å². The minimum atomic E-state index is -0.363. The van der Waals surface area contributed by atoms with Gasteiger partial charge < -0.3 is 4.74 Å². The van der Waals surface area contributed by atoms with Crippen molar-refractivity contribution in [3.63, 3.8) is 0 Å². The third-order valence-corrected chi connectivity index (χ3v) is 3.25. The van der Waals surface area contributed by atoms with Gasteiger partial charge in [-0.25, -0.2) is 9.48 Å². The monoisotopic (exact) mass is 281 g/mol. The molecule has 0 unspecified atom stereocenters. The number of para-hydroxylation sites is 1. The van der Waals surface area contributed by atoms with Crippen molar-refractivity contribution in [3.05, 3.63) is 53.6 Å². The predicted molar refractivity (Wildman–Crippen MR) is 79.1 cm³/mol. The average molecular weight is 281 g/mol. The van der Waals surface area contributed by atoms with Gasteiger partial charge in [-0.3, -0.25) is 0 Å². The normalized spacial score (nSPS) is 10.8. The molecule has 0 aliphatic heterocycles. The number of hydrogen-bond donors (Lipinski definition) is 0. The zero-order chi connectivity index (χ0) is 14.8. The van der Waals surface area contributed by atoms with E-state index in [9.17, 15) is 4.79 Å². The second-order valence-electron chi connectivity index (χ2n) is 4.98. The molecule has 0 amide bonds. The maximum atomic E-state index is 12.0. The van der Waals surface area contributed by atoms with E-state index in [1.165, 1.54) is 0 Å². The van der Waals surface area contributed by atoms with Crippen LogP contribution in [0.3, 0.4) is 0 Å². The molecule has 0 fully saturated rings. The molecule has 3 aromatic rings. The molecule has 0 N–H and O–H groups in total. The van der Waals surface area contributed by atoms with Gasteiger partial charge in [-0.05, 0) is 37.6 Å². The Kier molecular flexibility index (Phi) is 3.39. The van der Waals surface area contributed by atoms with Gasteiger partial charge >= 0.3 is 5.97 Å². The van der Waals surface area contributed by atoms with E-state index >= 15 is 0 Å². The highest BCUT2D eigenvalue weighted by atomic mass is 16.5. The van der Waals surface area contributed by atoms with Crippen LogP contribution in [0.1, 0.15) is 11.1 Å². The number of carbonyl (C=O) groups excluding carboxylic acids is 1. The molecule has 0 saturated carbocycles. The van der Waals surface area contributed by atoms with Crippen molar-refractivity contribution in [2.45, 2.75) is 20.4 Å². The zero-order valence-electron chi connectivity index (χ0n) is 11.9. The molecule has 5 nitrogen and oxygen atoms in total. The minimum Gasteiger partial charge on any atom is -0.425 e.